The van der Waals surface area contributed by atoms with E-state index >= 15 is 0 Å². The summed E-state index contributed by atoms with van der Waals surface area (Å²) in [5, 5.41) is 8.78. The maximum Gasteiger partial charge on any atom is 0.137 e. The van der Waals surface area contributed by atoms with Gasteiger partial charge in [-0.2, -0.15) is 0 Å². The number of pyridine rings is 1. The lowest BCUT2D eigenvalue weighted by Gasteiger charge is -2.11. The van der Waals surface area contributed by atoms with E-state index in [1.165, 1.54) is 41.9 Å². The van der Waals surface area contributed by atoms with Crippen molar-refractivity contribution >= 4 is 0 Å². The normalized spacial score (nSPS) is 11.1. The summed E-state index contributed by atoms with van der Waals surface area (Å²) >= 11 is 0. The van der Waals surface area contributed by atoms with Gasteiger partial charge in [0.1, 0.15) is 5.82 Å². The highest BCUT2D eigenvalue weighted by Gasteiger charge is 2.07. The van der Waals surface area contributed by atoms with E-state index in [4.69, 9.17) is 10.1 Å². The molecule has 3 nitrogen and oxygen atoms in total. The molecule has 3 heteroatoms. The van der Waals surface area contributed by atoms with Gasteiger partial charge in [-0.3, -0.25) is 0 Å². The number of rotatable bonds is 8. The van der Waals surface area contributed by atoms with Gasteiger partial charge in [0.2, 0.25) is 0 Å². The van der Waals surface area contributed by atoms with Crippen molar-refractivity contribution in [3.05, 3.63) is 46.9 Å². The SMILES string of the molecule is Cc1cc(CCCCCCCO)nc(-n2c(C)ccc2C)c1. The Bertz CT molecular complexity index is 582. The van der Waals surface area contributed by atoms with Crippen LogP contribution in [0.1, 0.15) is 54.7 Å². The molecule has 2 aromatic heterocycles. The molecule has 0 spiro atoms. The molecule has 2 heterocycles. The molecule has 0 aliphatic rings. The van der Waals surface area contributed by atoms with Crippen molar-refractivity contribution in [2.75, 3.05) is 6.61 Å². The van der Waals surface area contributed by atoms with E-state index in [2.05, 4.69) is 49.6 Å². The molecule has 120 valence electrons. The van der Waals surface area contributed by atoms with Gasteiger partial charge in [-0.05, 0) is 69.9 Å². The smallest absolute Gasteiger partial charge is 0.137 e. The third-order valence-corrected chi connectivity index (χ3v) is 4.10. The van der Waals surface area contributed by atoms with E-state index in [0.29, 0.717) is 6.61 Å². The topological polar surface area (TPSA) is 38.1 Å². The predicted molar refractivity (Wildman–Crippen MR) is 91.6 cm³/mol. The molecule has 2 rings (SSSR count). The van der Waals surface area contributed by atoms with Crippen LogP contribution in [0.15, 0.2) is 24.3 Å². The minimum Gasteiger partial charge on any atom is -0.396 e. The van der Waals surface area contributed by atoms with Crippen LogP contribution >= 0.6 is 0 Å². The lowest BCUT2D eigenvalue weighted by Crippen LogP contribution is -2.04. The van der Waals surface area contributed by atoms with Crippen LogP contribution in [0.5, 0.6) is 0 Å². The van der Waals surface area contributed by atoms with E-state index in [9.17, 15) is 0 Å². The second-order valence-electron chi connectivity index (χ2n) is 6.19. The number of nitrogens with zero attached hydrogens (tertiary/aromatic N) is 2. The maximum atomic E-state index is 8.78. The van der Waals surface area contributed by atoms with Gasteiger partial charge in [0, 0.05) is 23.7 Å². The summed E-state index contributed by atoms with van der Waals surface area (Å²) in [5.41, 5.74) is 4.91. The first-order valence-electron chi connectivity index (χ1n) is 8.35. The molecule has 1 N–H and O–H groups in total. The van der Waals surface area contributed by atoms with Crippen molar-refractivity contribution < 1.29 is 5.11 Å². The van der Waals surface area contributed by atoms with Crippen LogP contribution in [0.4, 0.5) is 0 Å². The average Bonchev–Trinajstić information content (AvgIpc) is 2.81. The highest BCUT2D eigenvalue weighted by Crippen LogP contribution is 2.17. The average molecular weight is 300 g/mol. The van der Waals surface area contributed by atoms with Crippen molar-refractivity contribution in [3.63, 3.8) is 0 Å². The summed E-state index contributed by atoms with van der Waals surface area (Å²) in [6, 6.07) is 8.64. The summed E-state index contributed by atoms with van der Waals surface area (Å²) in [6.07, 6.45) is 6.68. The van der Waals surface area contributed by atoms with Gasteiger partial charge in [-0.25, -0.2) is 4.98 Å². The van der Waals surface area contributed by atoms with Gasteiger partial charge in [0.15, 0.2) is 0 Å². The van der Waals surface area contributed by atoms with Crippen LogP contribution in [0.2, 0.25) is 0 Å². The number of aliphatic hydroxyl groups is 1. The molecule has 0 fully saturated rings. The lowest BCUT2D eigenvalue weighted by molar-refractivity contribution is 0.282. The van der Waals surface area contributed by atoms with Crippen molar-refractivity contribution in [3.8, 4) is 5.82 Å². The summed E-state index contributed by atoms with van der Waals surface area (Å²) in [4.78, 5) is 4.85. The fourth-order valence-electron chi connectivity index (χ4n) is 2.94. The summed E-state index contributed by atoms with van der Waals surface area (Å²) in [5.74, 6) is 1.04. The van der Waals surface area contributed by atoms with Crippen LogP contribution in [-0.2, 0) is 6.42 Å². The summed E-state index contributed by atoms with van der Waals surface area (Å²) in [6.45, 7) is 6.71. The number of aromatic nitrogens is 2. The minimum absolute atomic E-state index is 0.318. The molecular weight excluding hydrogens is 272 g/mol. The Morgan fingerprint density at radius 2 is 1.55 bits per heavy atom. The van der Waals surface area contributed by atoms with Gasteiger partial charge in [-0.1, -0.05) is 19.3 Å². The maximum absolute atomic E-state index is 8.78. The lowest BCUT2D eigenvalue weighted by atomic mass is 10.1. The third-order valence-electron chi connectivity index (χ3n) is 4.10. The number of unbranched alkanes of at least 4 members (excludes halogenated alkanes) is 4. The van der Waals surface area contributed by atoms with E-state index in [1.54, 1.807) is 0 Å². The van der Waals surface area contributed by atoms with Crippen LogP contribution in [-0.4, -0.2) is 21.3 Å². The van der Waals surface area contributed by atoms with Crippen molar-refractivity contribution in [2.45, 2.75) is 59.3 Å². The predicted octanol–water partition coefficient (Wildman–Crippen LogP) is 4.28. The first-order chi connectivity index (χ1) is 10.6. The monoisotopic (exact) mass is 300 g/mol. The Hall–Kier alpha value is -1.61. The van der Waals surface area contributed by atoms with Crippen molar-refractivity contribution in [1.82, 2.24) is 9.55 Å². The first kappa shape index (κ1) is 16.8. The van der Waals surface area contributed by atoms with E-state index in [0.717, 1.165) is 25.1 Å². The van der Waals surface area contributed by atoms with Gasteiger partial charge < -0.3 is 9.67 Å². The largest absolute Gasteiger partial charge is 0.396 e. The molecule has 0 bridgehead atoms. The quantitative estimate of drug-likeness (QED) is 0.739. The van der Waals surface area contributed by atoms with Crippen LogP contribution in [0.25, 0.3) is 5.82 Å². The highest BCUT2D eigenvalue weighted by molar-refractivity contribution is 5.35. The minimum atomic E-state index is 0.318. The van der Waals surface area contributed by atoms with Crippen LogP contribution < -0.4 is 0 Å². The Balaban J connectivity index is 2.02. The molecule has 0 saturated carbocycles. The Morgan fingerprint density at radius 3 is 2.23 bits per heavy atom. The molecular formula is C19H28N2O. The molecule has 0 unspecified atom stereocenters. The molecule has 0 atom stereocenters. The number of aryl methyl sites for hydroxylation is 4. The molecule has 2 aromatic rings. The molecule has 0 saturated heterocycles. The number of hydrogen-bond acceptors (Lipinski definition) is 2. The zero-order chi connectivity index (χ0) is 15.9. The molecule has 0 radical (unpaired) electrons. The fourth-order valence-corrected chi connectivity index (χ4v) is 2.94. The Kier molecular flexibility index (Phi) is 6.20. The molecule has 0 aromatic carbocycles. The Labute approximate surface area is 134 Å². The van der Waals surface area contributed by atoms with E-state index < -0.39 is 0 Å². The second kappa shape index (κ2) is 8.14. The van der Waals surface area contributed by atoms with Gasteiger partial charge in [0.05, 0.1) is 0 Å². The van der Waals surface area contributed by atoms with Gasteiger partial charge in [-0.15, -0.1) is 0 Å². The second-order valence-corrected chi connectivity index (χ2v) is 6.19. The third kappa shape index (κ3) is 4.44. The van der Waals surface area contributed by atoms with Crippen molar-refractivity contribution in [2.24, 2.45) is 0 Å². The zero-order valence-corrected chi connectivity index (χ0v) is 14.1. The number of hydrogen-bond donors (Lipinski definition) is 1. The molecule has 0 aliphatic carbocycles. The van der Waals surface area contributed by atoms with E-state index in [1.807, 2.05) is 0 Å². The fraction of sp³-hybridized carbons (Fsp3) is 0.526. The molecule has 0 aliphatic heterocycles. The summed E-state index contributed by atoms with van der Waals surface area (Å²) < 4.78 is 2.22. The van der Waals surface area contributed by atoms with Crippen LogP contribution in [0, 0.1) is 20.8 Å². The van der Waals surface area contributed by atoms with E-state index in [-0.39, 0.29) is 0 Å². The standard InChI is InChI=1S/C19H28N2O/c1-15-13-18(9-7-5-4-6-8-12-22)20-19(14-15)21-16(2)10-11-17(21)3/h10-11,13-14,22H,4-9,12H2,1-3H3. The highest BCUT2D eigenvalue weighted by atomic mass is 16.2. The summed E-state index contributed by atoms with van der Waals surface area (Å²) in [7, 11) is 0. The Morgan fingerprint density at radius 1 is 0.909 bits per heavy atom. The van der Waals surface area contributed by atoms with Gasteiger partial charge in [0.25, 0.3) is 0 Å². The number of aliphatic hydroxyl groups excluding tert-OH is 1. The van der Waals surface area contributed by atoms with Crippen molar-refractivity contribution in [1.29, 1.82) is 0 Å². The zero-order valence-electron chi connectivity index (χ0n) is 14.1. The molecule has 22 heavy (non-hydrogen) atoms. The van der Waals surface area contributed by atoms with Gasteiger partial charge >= 0.3 is 0 Å². The first-order valence-corrected chi connectivity index (χ1v) is 8.35. The van der Waals surface area contributed by atoms with Crippen LogP contribution in [0.3, 0.4) is 0 Å². The molecule has 0 amide bonds.